The first-order valence-corrected chi connectivity index (χ1v) is 8.48. The van der Waals surface area contributed by atoms with Crippen LogP contribution in [0.25, 0.3) is 0 Å². The van der Waals surface area contributed by atoms with Crippen molar-refractivity contribution in [3.63, 3.8) is 0 Å². The Balaban J connectivity index is 0.00000264. The summed E-state index contributed by atoms with van der Waals surface area (Å²) in [5.74, 6) is 3.96. The van der Waals surface area contributed by atoms with Gasteiger partial charge in [-0.2, -0.15) is 0 Å². The van der Waals surface area contributed by atoms with Crippen LogP contribution in [-0.2, 0) is 0 Å². The molecule has 1 aromatic carbocycles. The van der Waals surface area contributed by atoms with Gasteiger partial charge in [0.1, 0.15) is 0 Å². The molecule has 1 heterocycles. The summed E-state index contributed by atoms with van der Waals surface area (Å²) in [7, 11) is 0. The Morgan fingerprint density at radius 2 is 2.30 bits per heavy atom. The molecule has 0 aliphatic carbocycles. The topological polar surface area (TPSA) is 39.7 Å². The Bertz CT molecular complexity index is 556. The monoisotopic (exact) mass is 490 g/mol. The summed E-state index contributed by atoms with van der Waals surface area (Å²) in [5, 5.41) is 6.34. The fraction of sp³-hybridized carbons (Fsp3) is 0.471. The first-order chi connectivity index (χ1) is 10.7. The summed E-state index contributed by atoms with van der Waals surface area (Å²) < 4.78 is 1.12. The quantitative estimate of drug-likeness (QED) is 0.288. The molecule has 1 saturated heterocycles. The fourth-order valence-electron chi connectivity index (χ4n) is 2.59. The average molecular weight is 491 g/mol. The van der Waals surface area contributed by atoms with E-state index in [1.165, 1.54) is 12.1 Å². The van der Waals surface area contributed by atoms with Crippen molar-refractivity contribution in [1.29, 1.82) is 0 Å². The van der Waals surface area contributed by atoms with Crippen molar-refractivity contribution in [1.82, 2.24) is 10.6 Å². The van der Waals surface area contributed by atoms with Gasteiger partial charge in [0.05, 0.1) is 6.54 Å². The molecule has 1 aliphatic heterocycles. The lowest BCUT2D eigenvalue weighted by molar-refractivity contribution is 0.600. The van der Waals surface area contributed by atoms with E-state index in [4.69, 9.17) is 6.42 Å². The van der Waals surface area contributed by atoms with Gasteiger partial charge in [0.2, 0.25) is 0 Å². The maximum Gasteiger partial charge on any atom is 0.192 e. The summed E-state index contributed by atoms with van der Waals surface area (Å²) in [4.78, 5) is 7.06. The largest absolute Gasteiger partial charge is 0.371 e. The summed E-state index contributed by atoms with van der Waals surface area (Å²) in [6.07, 6.45) is 6.45. The summed E-state index contributed by atoms with van der Waals surface area (Å²) >= 11 is 3.53. The van der Waals surface area contributed by atoms with Crippen molar-refractivity contribution in [2.24, 2.45) is 10.9 Å². The molecule has 0 amide bonds. The molecule has 2 N–H and O–H groups in total. The van der Waals surface area contributed by atoms with Crippen molar-refractivity contribution in [2.75, 3.05) is 37.6 Å². The predicted molar refractivity (Wildman–Crippen MR) is 113 cm³/mol. The van der Waals surface area contributed by atoms with Crippen LogP contribution in [0.5, 0.6) is 0 Å². The van der Waals surface area contributed by atoms with E-state index < -0.39 is 0 Å². The van der Waals surface area contributed by atoms with Crippen LogP contribution in [0.4, 0.5) is 5.69 Å². The number of benzene rings is 1. The molecule has 0 saturated carbocycles. The van der Waals surface area contributed by atoms with Gasteiger partial charge in [0, 0.05) is 36.3 Å². The van der Waals surface area contributed by atoms with Crippen molar-refractivity contribution >= 4 is 51.6 Å². The normalized spacial score (nSPS) is 17.3. The molecule has 0 bridgehead atoms. The highest BCUT2D eigenvalue weighted by Crippen LogP contribution is 2.26. The van der Waals surface area contributed by atoms with Crippen molar-refractivity contribution in [2.45, 2.75) is 13.3 Å². The number of anilines is 1. The third-order valence-electron chi connectivity index (χ3n) is 3.67. The number of aliphatic imine (C=N–C) groups is 1. The summed E-state index contributed by atoms with van der Waals surface area (Å²) in [6.45, 7) is 6.35. The summed E-state index contributed by atoms with van der Waals surface area (Å²) in [5.41, 5.74) is 1.28. The second-order valence-electron chi connectivity index (χ2n) is 5.36. The number of hydrogen-bond acceptors (Lipinski definition) is 2. The van der Waals surface area contributed by atoms with Crippen molar-refractivity contribution in [3.8, 4) is 12.3 Å². The number of hydrogen-bond donors (Lipinski definition) is 2. The van der Waals surface area contributed by atoms with Crippen LogP contribution in [-0.4, -0.2) is 38.7 Å². The zero-order valence-corrected chi connectivity index (χ0v) is 17.3. The highest BCUT2D eigenvalue weighted by atomic mass is 127. The van der Waals surface area contributed by atoms with E-state index in [9.17, 15) is 0 Å². The van der Waals surface area contributed by atoms with Crippen LogP contribution in [0.3, 0.4) is 0 Å². The highest BCUT2D eigenvalue weighted by molar-refractivity contribution is 14.0. The predicted octanol–water partition coefficient (Wildman–Crippen LogP) is 3.08. The third kappa shape index (κ3) is 6.60. The Hall–Kier alpha value is -0.940. The molecular formula is C17H24BrIN4. The van der Waals surface area contributed by atoms with E-state index in [0.717, 1.165) is 36.6 Å². The van der Waals surface area contributed by atoms with Crippen LogP contribution in [0.2, 0.25) is 0 Å². The van der Waals surface area contributed by atoms with Gasteiger partial charge in [0.25, 0.3) is 0 Å². The van der Waals surface area contributed by atoms with E-state index in [2.05, 4.69) is 73.6 Å². The fourth-order valence-corrected chi connectivity index (χ4v) is 2.97. The minimum absolute atomic E-state index is 0. The molecule has 1 aliphatic rings. The van der Waals surface area contributed by atoms with Gasteiger partial charge in [0.15, 0.2) is 5.96 Å². The lowest BCUT2D eigenvalue weighted by atomic mass is 10.1. The SMILES string of the molecule is C#CCNC(=NCC1CCN(c2cccc(Br)c2)C1)NCC.I. The Kier molecular flexibility index (Phi) is 9.41. The van der Waals surface area contributed by atoms with E-state index in [0.29, 0.717) is 12.5 Å². The second kappa shape index (κ2) is 10.8. The molecule has 6 heteroatoms. The van der Waals surface area contributed by atoms with Crippen LogP contribution in [0.1, 0.15) is 13.3 Å². The number of terminal acetylenes is 1. The minimum Gasteiger partial charge on any atom is -0.371 e. The van der Waals surface area contributed by atoms with Gasteiger partial charge in [-0.25, -0.2) is 0 Å². The molecule has 0 spiro atoms. The Morgan fingerprint density at radius 1 is 1.48 bits per heavy atom. The Morgan fingerprint density at radius 3 is 3.00 bits per heavy atom. The van der Waals surface area contributed by atoms with Gasteiger partial charge in [-0.1, -0.05) is 27.9 Å². The first-order valence-electron chi connectivity index (χ1n) is 7.69. The van der Waals surface area contributed by atoms with Gasteiger partial charge in [-0.05, 0) is 37.5 Å². The van der Waals surface area contributed by atoms with Gasteiger partial charge in [-0.3, -0.25) is 4.99 Å². The van der Waals surface area contributed by atoms with Gasteiger partial charge >= 0.3 is 0 Å². The van der Waals surface area contributed by atoms with Crippen LogP contribution in [0, 0.1) is 18.3 Å². The lowest BCUT2D eigenvalue weighted by Crippen LogP contribution is -2.37. The average Bonchev–Trinajstić information content (AvgIpc) is 2.99. The second-order valence-corrected chi connectivity index (χ2v) is 6.27. The smallest absolute Gasteiger partial charge is 0.192 e. The molecule has 1 aromatic rings. The van der Waals surface area contributed by atoms with E-state index in [1.807, 2.05) is 0 Å². The molecular weight excluding hydrogens is 467 g/mol. The number of halogens is 2. The third-order valence-corrected chi connectivity index (χ3v) is 4.16. The molecule has 0 aromatic heterocycles. The molecule has 4 nitrogen and oxygen atoms in total. The molecule has 2 rings (SSSR count). The molecule has 1 fully saturated rings. The Labute approximate surface area is 164 Å². The van der Waals surface area contributed by atoms with Gasteiger partial charge < -0.3 is 15.5 Å². The minimum atomic E-state index is 0. The maximum absolute atomic E-state index is 5.28. The summed E-state index contributed by atoms with van der Waals surface area (Å²) in [6, 6.07) is 8.47. The molecule has 23 heavy (non-hydrogen) atoms. The van der Waals surface area contributed by atoms with E-state index in [-0.39, 0.29) is 24.0 Å². The van der Waals surface area contributed by atoms with Crippen LogP contribution < -0.4 is 15.5 Å². The molecule has 1 atom stereocenters. The van der Waals surface area contributed by atoms with Crippen LogP contribution >= 0.6 is 39.9 Å². The zero-order valence-electron chi connectivity index (χ0n) is 13.4. The van der Waals surface area contributed by atoms with Crippen molar-refractivity contribution < 1.29 is 0 Å². The van der Waals surface area contributed by atoms with Gasteiger partial charge in [-0.15, -0.1) is 30.4 Å². The van der Waals surface area contributed by atoms with E-state index >= 15 is 0 Å². The van der Waals surface area contributed by atoms with Crippen molar-refractivity contribution in [3.05, 3.63) is 28.7 Å². The molecule has 1 unspecified atom stereocenters. The molecule has 0 radical (unpaired) electrons. The standard InChI is InChI=1S/C17H23BrN4.HI/c1-3-9-20-17(19-4-2)21-12-14-8-10-22(13-14)16-7-5-6-15(18)11-16;/h1,5-7,11,14H,4,8-10,12-13H2,2H3,(H2,19,20,21);1H. The lowest BCUT2D eigenvalue weighted by Gasteiger charge is -2.18. The highest BCUT2D eigenvalue weighted by Gasteiger charge is 2.22. The number of nitrogens with one attached hydrogen (secondary N) is 2. The maximum atomic E-state index is 5.28. The number of guanidine groups is 1. The molecule has 126 valence electrons. The van der Waals surface area contributed by atoms with E-state index in [1.54, 1.807) is 0 Å². The number of rotatable bonds is 5. The number of nitrogens with zero attached hydrogens (tertiary/aromatic N) is 2. The zero-order chi connectivity index (χ0) is 15.8. The first kappa shape index (κ1) is 20.1. The van der Waals surface area contributed by atoms with Crippen LogP contribution in [0.15, 0.2) is 33.7 Å².